The van der Waals surface area contributed by atoms with Crippen LogP contribution in [0.5, 0.6) is 0 Å². The molecule has 0 saturated carbocycles. The molecule has 0 aliphatic rings. The standard InChI is InChI=1S/C17H19ClFNS/c1-3-21-13-9-7-12(8-10-13)17(20-2)11-14-15(18)5-4-6-16(14)19/h4-10,17,20H,3,11H2,1-2H3. The Balaban J connectivity index is 2.19. The van der Waals surface area contributed by atoms with Crippen molar-refractivity contribution in [2.24, 2.45) is 0 Å². The summed E-state index contributed by atoms with van der Waals surface area (Å²) in [6.45, 7) is 2.13. The van der Waals surface area contributed by atoms with Crippen LogP contribution in [-0.4, -0.2) is 12.8 Å². The van der Waals surface area contributed by atoms with Crippen molar-refractivity contribution in [1.82, 2.24) is 5.32 Å². The second kappa shape index (κ2) is 7.83. The summed E-state index contributed by atoms with van der Waals surface area (Å²) in [6, 6.07) is 13.3. The van der Waals surface area contributed by atoms with Gasteiger partial charge in [-0.2, -0.15) is 0 Å². The summed E-state index contributed by atoms with van der Waals surface area (Å²) in [5.74, 6) is 0.806. The Hall–Kier alpha value is -1.03. The van der Waals surface area contributed by atoms with Gasteiger partial charge in [-0.1, -0.05) is 36.7 Å². The lowest BCUT2D eigenvalue weighted by atomic mass is 9.98. The second-order valence-electron chi connectivity index (χ2n) is 4.75. The number of hydrogen-bond donors (Lipinski definition) is 1. The van der Waals surface area contributed by atoms with E-state index in [9.17, 15) is 4.39 Å². The van der Waals surface area contributed by atoms with Gasteiger partial charge in [0.15, 0.2) is 0 Å². The average Bonchev–Trinajstić information content (AvgIpc) is 2.49. The molecule has 2 aromatic rings. The summed E-state index contributed by atoms with van der Waals surface area (Å²) in [6.07, 6.45) is 0.530. The average molecular weight is 324 g/mol. The van der Waals surface area contributed by atoms with Crippen LogP contribution >= 0.6 is 23.4 Å². The maximum absolute atomic E-state index is 13.9. The molecule has 112 valence electrons. The minimum absolute atomic E-state index is 0.0417. The van der Waals surface area contributed by atoms with E-state index in [0.29, 0.717) is 17.0 Å². The van der Waals surface area contributed by atoms with Gasteiger partial charge in [0.25, 0.3) is 0 Å². The molecule has 0 spiro atoms. The van der Waals surface area contributed by atoms with Crippen molar-refractivity contribution in [2.45, 2.75) is 24.3 Å². The zero-order chi connectivity index (χ0) is 15.2. The first-order valence-electron chi connectivity index (χ1n) is 6.98. The summed E-state index contributed by atoms with van der Waals surface area (Å²) in [5, 5.41) is 3.72. The molecule has 0 bridgehead atoms. The molecule has 0 aliphatic carbocycles. The molecular weight excluding hydrogens is 305 g/mol. The van der Waals surface area contributed by atoms with E-state index in [1.54, 1.807) is 12.1 Å². The van der Waals surface area contributed by atoms with E-state index in [2.05, 4.69) is 36.5 Å². The van der Waals surface area contributed by atoms with Crippen molar-refractivity contribution in [3.63, 3.8) is 0 Å². The third-order valence-corrected chi connectivity index (χ3v) is 4.66. The van der Waals surface area contributed by atoms with Crippen LogP contribution in [0.4, 0.5) is 4.39 Å². The second-order valence-corrected chi connectivity index (χ2v) is 6.49. The van der Waals surface area contributed by atoms with E-state index in [-0.39, 0.29) is 11.9 Å². The fraction of sp³-hybridized carbons (Fsp3) is 0.294. The van der Waals surface area contributed by atoms with Crippen molar-refractivity contribution in [1.29, 1.82) is 0 Å². The Labute approximate surface area is 134 Å². The van der Waals surface area contributed by atoms with Gasteiger partial charge in [-0.3, -0.25) is 0 Å². The summed E-state index contributed by atoms with van der Waals surface area (Å²) >= 11 is 7.92. The predicted molar refractivity (Wildman–Crippen MR) is 89.8 cm³/mol. The molecule has 21 heavy (non-hydrogen) atoms. The number of halogens is 2. The van der Waals surface area contributed by atoms with Gasteiger partial charge in [0.2, 0.25) is 0 Å². The predicted octanol–water partition coefficient (Wildman–Crippen LogP) is 5.09. The van der Waals surface area contributed by atoms with Crippen LogP contribution in [0.15, 0.2) is 47.4 Å². The topological polar surface area (TPSA) is 12.0 Å². The summed E-state index contributed by atoms with van der Waals surface area (Å²) in [4.78, 5) is 1.25. The third-order valence-electron chi connectivity index (χ3n) is 3.41. The molecule has 0 aromatic heterocycles. The monoisotopic (exact) mass is 323 g/mol. The number of benzene rings is 2. The summed E-state index contributed by atoms with van der Waals surface area (Å²) in [7, 11) is 1.88. The molecule has 0 radical (unpaired) electrons. The minimum Gasteiger partial charge on any atom is -0.313 e. The highest BCUT2D eigenvalue weighted by Gasteiger charge is 2.15. The number of nitrogens with one attached hydrogen (secondary N) is 1. The molecule has 1 atom stereocenters. The molecule has 0 amide bonds. The lowest BCUT2D eigenvalue weighted by Gasteiger charge is -2.18. The molecular formula is C17H19ClFNS. The van der Waals surface area contributed by atoms with Gasteiger partial charge < -0.3 is 5.32 Å². The molecule has 2 aromatic carbocycles. The fourth-order valence-electron chi connectivity index (χ4n) is 2.28. The van der Waals surface area contributed by atoms with Crippen LogP contribution in [-0.2, 0) is 6.42 Å². The van der Waals surface area contributed by atoms with Gasteiger partial charge in [0.1, 0.15) is 5.82 Å². The smallest absolute Gasteiger partial charge is 0.127 e. The molecule has 0 saturated heterocycles. The van der Waals surface area contributed by atoms with E-state index >= 15 is 0 Å². The van der Waals surface area contributed by atoms with Gasteiger partial charge in [-0.05, 0) is 49.1 Å². The Morgan fingerprint density at radius 3 is 2.48 bits per heavy atom. The van der Waals surface area contributed by atoms with Gasteiger partial charge in [0, 0.05) is 21.5 Å². The van der Waals surface area contributed by atoms with Gasteiger partial charge in [-0.15, -0.1) is 11.8 Å². The highest BCUT2D eigenvalue weighted by atomic mass is 35.5. The maximum atomic E-state index is 13.9. The van der Waals surface area contributed by atoms with Crippen molar-refractivity contribution < 1.29 is 4.39 Å². The van der Waals surface area contributed by atoms with Gasteiger partial charge in [0.05, 0.1) is 0 Å². The largest absolute Gasteiger partial charge is 0.313 e. The molecule has 1 N–H and O–H groups in total. The number of likely N-dealkylation sites (N-methyl/N-ethyl adjacent to an activating group) is 1. The van der Waals surface area contributed by atoms with Crippen molar-refractivity contribution in [2.75, 3.05) is 12.8 Å². The summed E-state index contributed by atoms with van der Waals surface area (Å²) < 4.78 is 13.9. The molecule has 2 rings (SSSR count). The maximum Gasteiger partial charge on any atom is 0.127 e. The number of hydrogen-bond acceptors (Lipinski definition) is 2. The first-order valence-corrected chi connectivity index (χ1v) is 8.35. The van der Waals surface area contributed by atoms with Crippen molar-refractivity contribution in [3.05, 3.63) is 64.4 Å². The quantitative estimate of drug-likeness (QED) is 0.743. The van der Waals surface area contributed by atoms with E-state index in [0.717, 1.165) is 11.3 Å². The van der Waals surface area contributed by atoms with E-state index in [1.807, 2.05) is 18.8 Å². The van der Waals surface area contributed by atoms with E-state index < -0.39 is 0 Å². The van der Waals surface area contributed by atoms with E-state index in [4.69, 9.17) is 11.6 Å². The number of rotatable bonds is 6. The van der Waals surface area contributed by atoms with Crippen LogP contribution in [0.1, 0.15) is 24.1 Å². The lowest BCUT2D eigenvalue weighted by molar-refractivity contribution is 0.554. The Morgan fingerprint density at radius 2 is 1.90 bits per heavy atom. The molecule has 0 fully saturated rings. The van der Waals surface area contributed by atoms with Crippen molar-refractivity contribution in [3.8, 4) is 0 Å². The third kappa shape index (κ3) is 4.22. The molecule has 0 aliphatic heterocycles. The highest BCUT2D eigenvalue weighted by molar-refractivity contribution is 7.99. The van der Waals surface area contributed by atoms with Gasteiger partial charge >= 0.3 is 0 Å². The normalized spacial score (nSPS) is 12.4. The molecule has 0 heterocycles. The van der Waals surface area contributed by atoms with Gasteiger partial charge in [-0.25, -0.2) is 4.39 Å². The van der Waals surface area contributed by atoms with E-state index in [1.165, 1.54) is 11.0 Å². The Kier molecular flexibility index (Phi) is 6.09. The van der Waals surface area contributed by atoms with Crippen LogP contribution in [0.2, 0.25) is 5.02 Å². The van der Waals surface area contributed by atoms with Crippen LogP contribution in [0.25, 0.3) is 0 Å². The molecule has 1 nitrogen and oxygen atoms in total. The zero-order valence-electron chi connectivity index (χ0n) is 12.2. The zero-order valence-corrected chi connectivity index (χ0v) is 13.8. The SMILES string of the molecule is CCSc1ccc(C(Cc2c(F)cccc2Cl)NC)cc1. The number of thioether (sulfide) groups is 1. The van der Waals surface area contributed by atoms with Crippen molar-refractivity contribution >= 4 is 23.4 Å². The Bertz CT molecular complexity index is 566. The molecule has 1 unspecified atom stereocenters. The van der Waals surface area contributed by atoms with Crippen LogP contribution in [0, 0.1) is 5.82 Å². The lowest BCUT2D eigenvalue weighted by Crippen LogP contribution is -2.19. The summed E-state index contributed by atoms with van der Waals surface area (Å²) in [5.41, 5.74) is 1.70. The fourth-order valence-corrected chi connectivity index (χ4v) is 3.18. The first kappa shape index (κ1) is 16.3. The minimum atomic E-state index is -0.249. The highest BCUT2D eigenvalue weighted by Crippen LogP contribution is 2.27. The Morgan fingerprint density at radius 1 is 1.19 bits per heavy atom. The first-order chi connectivity index (χ1) is 10.2. The molecule has 4 heteroatoms. The van der Waals surface area contributed by atoms with Crippen LogP contribution in [0.3, 0.4) is 0 Å². The van der Waals surface area contributed by atoms with Crippen LogP contribution < -0.4 is 5.32 Å².